The Bertz CT molecular complexity index is 305. The molecule has 0 amide bonds. The molecule has 0 N–H and O–H groups in total. The fraction of sp³-hybridized carbons (Fsp3) is 0.500. The molecule has 0 spiro atoms. The molecule has 78 valence electrons. The molecular formula is C12H18O2. The normalized spacial score (nSPS) is 10.0. The summed E-state index contributed by atoms with van der Waals surface area (Å²) in [4.78, 5) is 0. The number of ether oxygens (including phenoxy) is 2. The van der Waals surface area contributed by atoms with Gasteiger partial charge in [0.2, 0.25) is 0 Å². The van der Waals surface area contributed by atoms with Gasteiger partial charge in [0, 0.05) is 5.56 Å². The summed E-state index contributed by atoms with van der Waals surface area (Å²) in [7, 11) is 3.41. The van der Waals surface area contributed by atoms with Crippen molar-refractivity contribution in [2.45, 2.75) is 26.7 Å². The second-order valence-corrected chi connectivity index (χ2v) is 3.32. The van der Waals surface area contributed by atoms with E-state index >= 15 is 0 Å². The minimum Gasteiger partial charge on any atom is -0.496 e. The maximum atomic E-state index is 5.32. The van der Waals surface area contributed by atoms with E-state index in [-0.39, 0.29) is 0 Å². The summed E-state index contributed by atoms with van der Waals surface area (Å²) in [5.74, 6) is 1.90. The molecule has 0 unspecified atom stereocenters. The molecule has 0 heterocycles. The van der Waals surface area contributed by atoms with Crippen LogP contribution in [0.2, 0.25) is 0 Å². The molecule has 0 aromatic heterocycles. The van der Waals surface area contributed by atoms with Gasteiger partial charge in [-0.3, -0.25) is 0 Å². The maximum absolute atomic E-state index is 5.32. The molecule has 1 rings (SSSR count). The van der Waals surface area contributed by atoms with E-state index < -0.39 is 0 Å². The molecule has 0 saturated heterocycles. The summed E-state index contributed by atoms with van der Waals surface area (Å²) in [6.07, 6.45) is 2.15. The van der Waals surface area contributed by atoms with Crippen LogP contribution in [0.15, 0.2) is 12.1 Å². The summed E-state index contributed by atoms with van der Waals surface area (Å²) in [5.41, 5.74) is 2.45. The predicted molar refractivity (Wildman–Crippen MR) is 58.3 cm³/mol. The van der Waals surface area contributed by atoms with Gasteiger partial charge in [0.1, 0.15) is 11.5 Å². The van der Waals surface area contributed by atoms with Crippen LogP contribution in [0.4, 0.5) is 0 Å². The lowest BCUT2D eigenvalue weighted by Crippen LogP contribution is -1.97. The molecule has 0 aliphatic carbocycles. The molecule has 2 nitrogen and oxygen atoms in total. The first-order valence-corrected chi connectivity index (χ1v) is 4.95. The van der Waals surface area contributed by atoms with Crippen molar-refractivity contribution in [3.63, 3.8) is 0 Å². The summed E-state index contributed by atoms with van der Waals surface area (Å²) in [5, 5.41) is 0. The fourth-order valence-electron chi connectivity index (χ4n) is 1.68. The van der Waals surface area contributed by atoms with E-state index in [4.69, 9.17) is 9.47 Å². The van der Waals surface area contributed by atoms with Gasteiger partial charge in [-0.05, 0) is 31.0 Å². The van der Waals surface area contributed by atoms with Crippen LogP contribution in [0, 0.1) is 6.92 Å². The van der Waals surface area contributed by atoms with Gasteiger partial charge in [-0.1, -0.05) is 13.3 Å². The highest BCUT2D eigenvalue weighted by atomic mass is 16.5. The monoisotopic (exact) mass is 194 g/mol. The van der Waals surface area contributed by atoms with Crippen molar-refractivity contribution in [2.24, 2.45) is 0 Å². The van der Waals surface area contributed by atoms with Crippen molar-refractivity contribution in [3.8, 4) is 11.5 Å². The largest absolute Gasteiger partial charge is 0.496 e. The van der Waals surface area contributed by atoms with Crippen LogP contribution in [-0.2, 0) is 6.42 Å². The van der Waals surface area contributed by atoms with Crippen LogP contribution < -0.4 is 9.47 Å². The first kappa shape index (κ1) is 10.9. The van der Waals surface area contributed by atoms with E-state index in [0.717, 1.165) is 24.3 Å². The highest BCUT2D eigenvalue weighted by molar-refractivity contribution is 5.48. The predicted octanol–water partition coefficient (Wildman–Crippen LogP) is 2.96. The van der Waals surface area contributed by atoms with E-state index in [2.05, 4.69) is 13.8 Å². The minimum absolute atomic E-state index is 0.939. The van der Waals surface area contributed by atoms with Crippen molar-refractivity contribution in [2.75, 3.05) is 14.2 Å². The lowest BCUT2D eigenvalue weighted by atomic mass is 10.0. The van der Waals surface area contributed by atoms with Crippen LogP contribution in [0.3, 0.4) is 0 Å². The molecule has 14 heavy (non-hydrogen) atoms. The molecule has 0 fully saturated rings. The zero-order chi connectivity index (χ0) is 10.6. The molecule has 0 aliphatic heterocycles. The van der Waals surface area contributed by atoms with Crippen molar-refractivity contribution in [1.82, 2.24) is 0 Å². The van der Waals surface area contributed by atoms with E-state index in [1.165, 1.54) is 11.1 Å². The maximum Gasteiger partial charge on any atom is 0.122 e. The van der Waals surface area contributed by atoms with Gasteiger partial charge < -0.3 is 9.47 Å². The molecule has 1 aromatic rings. The van der Waals surface area contributed by atoms with E-state index in [1.54, 1.807) is 14.2 Å². The third kappa shape index (κ3) is 2.00. The van der Waals surface area contributed by atoms with Crippen molar-refractivity contribution in [3.05, 3.63) is 23.3 Å². The smallest absolute Gasteiger partial charge is 0.122 e. The Morgan fingerprint density at radius 2 is 1.64 bits per heavy atom. The molecule has 0 bridgehead atoms. The van der Waals surface area contributed by atoms with Crippen LogP contribution in [-0.4, -0.2) is 14.2 Å². The zero-order valence-electron chi connectivity index (χ0n) is 9.39. The molecule has 1 aromatic carbocycles. The lowest BCUT2D eigenvalue weighted by Gasteiger charge is -2.13. The fourth-order valence-corrected chi connectivity index (χ4v) is 1.68. The van der Waals surface area contributed by atoms with Crippen LogP contribution in [0.5, 0.6) is 11.5 Å². The van der Waals surface area contributed by atoms with E-state index in [9.17, 15) is 0 Å². The van der Waals surface area contributed by atoms with Crippen molar-refractivity contribution in [1.29, 1.82) is 0 Å². The molecular weight excluding hydrogens is 176 g/mol. The molecule has 0 atom stereocenters. The van der Waals surface area contributed by atoms with Gasteiger partial charge in [-0.25, -0.2) is 0 Å². The molecule has 0 aliphatic rings. The molecule has 0 saturated carbocycles. The first-order chi connectivity index (χ1) is 6.74. The number of benzene rings is 1. The third-order valence-electron chi connectivity index (χ3n) is 2.45. The topological polar surface area (TPSA) is 18.5 Å². The second-order valence-electron chi connectivity index (χ2n) is 3.32. The van der Waals surface area contributed by atoms with Crippen LogP contribution in [0.1, 0.15) is 24.5 Å². The highest BCUT2D eigenvalue weighted by Crippen LogP contribution is 2.30. The first-order valence-electron chi connectivity index (χ1n) is 4.95. The van der Waals surface area contributed by atoms with Gasteiger partial charge >= 0.3 is 0 Å². The van der Waals surface area contributed by atoms with Crippen LogP contribution >= 0.6 is 0 Å². The zero-order valence-corrected chi connectivity index (χ0v) is 9.39. The third-order valence-corrected chi connectivity index (χ3v) is 2.45. The Morgan fingerprint density at radius 3 is 2.14 bits per heavy atom. The highest BCUT2D eigenvalue weighted by Gasteiger charge is 2.09. The Kier molecular flexibility index (Phi) is 3.81. The van der Waals surface area contributed by atoms with Gasteiger partial charge in [-0.15, -0.1) is 0 Å². The SMILES string of the molecule is CCCc1c(OC)ccc(OC)c1C. The Labute approximate surface area is 85.8 Å². The van der Waals surface area contributed by atoms with Gasteiger partial charge in [0.15, 0.2) is 0 Å². The van der Waals surface area contributed by atoms with Crippen molar-refractivity contribution >= 4 is 0 Å². The van der Waals surface area contributed by atoms with Crippen LogP contribution in [0.25, 0.3) is 0 Å². The van der Waals surface area contributed by atoms with Crippen molar-refractivity contribution < 1.29 is 9.47 Å². The average Bonchev–Trinajstić information content (AvgIpc) is 2.21. The average molecular weight is 194 g/mol. The summed E-state index contributed by atoms with van der Waals surface area (Å²) < 4.78 is 10.6. The lowest BCUT2D eigenvalue weighted by molar-refractivity contribution is 0.396. The Balaban J connectivity index is 3.16. The van der Waals surface area contributed by atoms with Gasteiger partial charge in [0.05, 0.1) is 14.2 Å². The standard InChI is InChI=1S/C12H18O2/c1-5-6-10-9(2)11(13-3)7-8-12(10)14-4/h7-8H,5-6H2,1-4H3. The summed E-state index contributed by atoms with van der Waals surface area (Å²) in [6.45, 7) is 4.24. The second kappa shape index (κ2) is 4.89. The number of hydrogen-bond donors (Lipinski definition) is 0. The van der Waals surface area contributed by atoms with E-state index in [1.807, 2.05) is 12.1 Å². The quantitative estimate of drug-likeness (QED) is 0.733. The van der Waals surface area contributed by atoms with E-state index in [0.29, 0.717) is 0 Å². The molecule has 2 heteroatoms. The van der Waals surface area contributed by atoms with Gasteiger partial charge in [0.25, 0.3) is 0 Å². The summed E-state index contributed by atoms with van der Waals surface area (Å²) in [6, 6.07) is 3.92. The Morgan fingerprint density at radius 1 is 1.07 bits per heavy atom. The molecule has 0 radical (unpaired) electrons. The number of hydrogen-bond acceptors (Lipinski definition) is 2. The summed E-state index contributed by atoms with van der Waals surface area (Å²) >= 11 is 0. The Hall–Kier alpha value is -1.18. The number of methoxy groups -OCH3 is 2. The van der Waals surface area contributed by atoms with Gasteiger partial charge in [-0.2, -0.15) is 0 Å². The minimum atomic E-state index is 0.939. The number of rotatable bonds is 4.